The molecule has 1 aliphatic carbocycles. The molecule has 1 amide bonds. The number of amides is 1. The summed E-state index contributed by atoms with van der Waals surface area (Å²) in [6.07, 6.45) is 6.22. The average molecular weight is 381 g/mol. The number of carbonyl (C=O) groups excluding carboxylic acids is 1. The summed E-state index contributed by atoms with van der Waals surface area (Å²) in [5.74, 6) is -0.122. The fourth-order valence-corrected chi connectivity index (χ4v) is 3.76. The molecule has 2 heterocycles. The summed E-state index contributed by atoms with van der Waals surface area (Å²) in [5.41, 5.74) is 5.04. The Labute approximate surface area is 163 Å². The molecule has 27 heavy (non-hydrogen) atoms. The maximum atomic E-state index is 12.3. The minimum absolute atomic E-state index is 0.122. The lowest BCUT2D eigenvalue weighted by atomic mass is 9.95. The Morgan fingerprint density at radius 1 is 1.15 bits per heavy atom. The normalized spacial score (nSPS) is 13.2. The van der Waals surface area contributed by atoms with Crippen LogP contribution in [0.4, 0.5) is 0 Å². The van der Waals surface area contributed by atoms with Crippen molar-refractivity contribution in [2.45, 2.75) is 32.2 Å². The van der Waals surface area contributed by atoms with Gasteiger partial charge < -0.3 is 5.32 Å². The zero-order valence-corrected chi connectivity index (χ0v) is 15.7. The van der Waals surface area contributed by atoms with Crippen LogP contribution >= 0.6 is 11.6 Å². The number of hydrogen-bond donors (Lipinski definition) is 1. The van der Waals surface area contributed by atoms with Crippen molar-refractivity contribution in [3.8, 4) is 11.4 Å². The van der Waals surface area contributed by atoms with Gasteiger partial charge in [0.05, 0.1) is 12.2 Å². The Morgan fingerprint density at radius 2 is 2.04 bits per heavy atom. The van der Waals surface area contributed by atoms with Crippen molar-refractivity contribution in [2.24, 2.45) is 0 Å². The minimum Gasteiger partial charge on any atom is -0.350 e. The van der Waals surface area contributed by atoms with Crippen LogP contribution in [0.1, 0.15) is 34.5 Å². The summed E-state index contributed by atoms with van der Waals surface area (Å²) in [5, 5.41) is 8.34. The number of rotatable bonds is 5. The Balaban J connectivity index is 1.49. The van der Waals surface area contributed by atoms with Crippen LogP contribution in [0.2, 0.25) is 5.02 Å². The highest BCUT2D eigenvalue weighted by Gasteiger charge is 2.22. The molecule has 6 heteroatoms. The third-order valence-corrected chi connectivity index (χ3v) is 5.10. The average Bonchev–Trinajstić information content (AvgIpc) is 3.07. The molecule has 1 aromatic carbocycles. The van der Waals surface area contributed by atoms with E-state index in [0.29, 0.717) is 23.7 Å². The second-order valence-corrected chi connectivity index (χ2v) is 7.12. The third-order valence-electron chi connectivity index (χ3n) is 4.86. The van der Waals surface area contributed by atoms with E-state index in [2.05, 4.69) is 10.3 Å². The molecule has 0 fully saturated rings. The molecule has 2 aromatic heterocycles. The van der Waals surface area contributed by atoms with Crippen molar-refractivity contribution in [2.75, 3.05) is 6.54 Å². The van der Waals surface area contributed by atoms with Crippen LogP contribution in [-0.4, -0.2) is 27.2 Å². The minimum atomic E-state index is -0.122. The summed E-state index contributed by atoms with van der Waals surface area (Å²) in [4.78, 5) is 16.8. The summed E-state index contributed by atoms with van der Waals surface area (Å²) < 4.78 is 2.04. The van der Waals surface area contributed by atoms with E-state index in [1.807, 2.05) is 22.9 Å². The lowest BCUT2D eigenvalue weighted by Crippen LogP contribution is -2.28. The van der Waals surface area contributed by atoms with Crippen LogP contribution < -0.4 is 5.32 Å². The van der Waals surface area contributed by atoms with Crippen LogP contribution in [0.3, 0.4) is 0 Å². The molecule has 1 N–H and O–H groups in total. The topological polar surface area (TPSA) is 59.8 Å². The number of pyridine rings is 1. The smallest absolute Gasteiger partial charge is 0.251 e. The van der Waals surface area contributed by atoms with Gasteiger partial charge in [-0.15, -0.1) is 0 Å². The van der Waals surface area contributed by atoms with E-state index in [-0.39, 0.29) is 5.91 Å². The first kappa shape index (κ1) is 17.7. The number of aromatic nitrogens is 3. The van der Waals surface area contributed by atoms with Crippen molar-refractivity contribution in [3.05, 3.63) is 70.5 Å². The molecule has 0 spiro atoms. The van der Waals surface area contributed by atoms with E-state index in [1.54, 1.807) is 30.5 Å². The van der Waals surface area contributed by atoms with Crippen molar-refractivity contribution >= 4 is 17.5 Å². The van der Waals surface area contributed by atoms with E-state index in [1.165, 1.54) is 24.1 Å². The summed E-state index contributed by atoms with van der Waals surface area (Å²) >= 11 is 5.96. The van der Waals surface area contributed by atoms with Gasteiger partial charge in [0.25, 0.3) is 5.91 Å². The highest BCUT2D eigenvalue weighted by Crippen LogP contribution is 2.30. The second-order valence-electron chi connectivity index (χ2n) is 6.69. The van der Waals surface area contributed by atoms with Gasteiger partial charge in [-0.05, 0) is 56.0 Å². The molecule has 0 aliphatic heterocycles. The van der Waals surface area contributed by atoms with Crippen LogP contribution in [-0.2, 0) is 19.4 Å². The summed E-state index contributed by atoms with van der Waals surface area (Å²) in [7, 11) is 0. The van der Waals surface area contributed by atoms with Gasteiger partial charge >= 0.3 is 0 Å². The zero-order chi connectivity index (χ0) is 18.6. The Kier molecular flexibility index (Phi) is 5.21. The predicted octanol–water partition coefficient (Wildman–Crippen LogP) is 3.91. The number of benzene rings is 1. The van der Waals surface area contributed by atoms with Crippen LogP contribution in [0.5, 0.6) is 0 Å². The number of fused-ring (bicyclic) bond motifs is 1. The van der Waals surface area contributed by atoms with Gasteiger partial charge in [0, 0.05) is 34.6 Å². The second kappa shape index (κ2) is 7.92. The number of hydrogen-bond acceptors (Lipinski definition) is 3. The largest absolute Gasteiger partial charge is 0.350 e. The molecule has 0 bridgehead atoms. The summed E-state index contributed by atoms with van der Waals surface area (Å²) in [6.45, 7) is 1.16. The SMILES string of the molecule is O=C(NCCn1nc(-c2ccccn2)c2c1CCCC2)c1cccc(Cl)c1. The predicted molar refractivity (Wildman–Crippen MR) is 106 cm³/mol. The maximum absolute atomic E-state index is 12.3. The van der Waals surface area contributed by atoms with E-state index < -0.39 is 0 Å². The van der Waals surface area contributed by atoms with Gasteiger partial charge in [-0.25, -0.2) is 0 Å². The molecule has 0 radical (unpaired) electrons. The molecule has 4 rings (SSSR count). The Bertz CT molecular complexity index is 952. The van der Waals surface area contributed by atoms with Crippen LogP contribution in [0.15, 0.2) is 48.7 Å². The molecular formula is C21H21ClN4O. The van der Waals surface area contributed by atoms with E-state index in [9.17, 15) is 4.79 Å². The van der Waals surface area contributed by atoms with E-state index in [0.717, 1.165) is 24.2 Å². The molecule has 3 aromatic rings. The zero-order valence-electron chi connectivity index (χ0n) is 15.0. The number of nitrogens with zero attached hydrogens (tertiary/aromatic N) is 3. The van der Waals surface area contributed by atoms with Crippen LogP contribution in [0, 0.1) is 0 Å². The van der Waals surface area contributed by atoms with E-state index >= 15 is 0 Å². The van der Waals surface area contributed by atoms with Gasteiger partial charge in [-0.2, -0.15) is 5.10 Å². The quantitative estimate of drug-likeness (QED) is 0.730. The fourth-order valence-electron chi connectivity index (χ4n) is 3.57. The van der Waals surface area contributed by atoms with Gasteiger partial charge in [0.2, 0.25) is 0 Å². The van der Waals surface area contributed by atoms with Gasteiger partial charge in [0.1, 0.15) is 5.69 Å². The molecule has 0 atom stereocenters. The first-order valence-electron chi connectivity index (χ1n) is 9.26. The first-order chi connectivity index (χ1) is 13.2. The number of carbonyl (C=O) groups is 1. The van der Waals surface area contributed by atoms with Crippen molar-refractivity contribution in [1.29, 1.82) is 0 Å². The fraction of sp³-hybridized carbons (Fsp3) is 0.286. The van der Waals surface area contributed by atoms with Crippen molar-refractivity contribution in [3.63, 3.8) is 0 Å². The van der Waals surface area contributed by atoms with Crippen molar-refractivity contribution in [1.82, 2.24) is 20.1 Å². The molecule has 0 saturated heterocycles. The Hall–Kier alpha value is -2.66. The third kappa shape index (κ3) is 3.88. The molecule has 138 valence electrons. The first-order valence-corrected chi connectivity index (χ1v) is 9.64. The molecule has 1 aliphatic rings. The van der Waals surface area contributed by atoms with Gasteiger partial charge in [-0.3, -0.25) is 14.5 Å². The Morgan fingerprint density at radius 3 is 2.85 bits per heavy atom. The molecular weight excluding hydrogens is 360 g/mol. The monoisotopic (exact) mass is 380 g/mol. The molecule has 0 saturated carbocycles. The number of halogens is 1. The standard InChI is InChI=1S/C21H21ClN4O/c22-16-7-5-6-15(14-16)21(27)24-12-13-26-19-10-2-1-8-17(19)20(25-26)18-9-3-4-11-23-18/h3-7,9,11,14H,1-2,8,10,12-13H2,(H,24,27). The van der Waals surface area contributed by atoms with Crippen LogP contribution in [0.25, 0.3) is 11.4 Å². The molecule has 0 unspecified atom stereocenters. The highest BCUT2D eigenvalue weighted by atomic mass is 35.5. The molecule has 5 nitrogen and oxygen atoms in total. The van der Waals surface area contributed by atoms with Crippen molar-refractivity contribution < 1.29 is 4.79 Å². The lowest BCUT2D eigenvalue weighted by molar-refractivity contribution is 0.0952. The van der Waals surface area contributed by atoms with Gasteiger partial charge in [-0.1, -0.05) is 23.7 Å². The summed E-state index contributed by atoms with van der Waals surface area (Å²) in [6, 6.07) is 12.9. The maximum Gasteiger partial charge on any atom is 0.251 e. The lowest BCUT2D eigenvalue weighted by Gasteiger charge is -2.14. The van der Waals surface area contributed by atoms with Gasteiger partial charge in [0.15, 0.2) is 0 Å². The van der Waals surface area contributed by atoms with E-state index in [4.69, 9.17) is 16.7 Å². The highest BCUT2D eigenvalue weighted by molar-refractivity contribution is 6.30. The number of nitrogens with one attached hydrogen (secondary N) is 1.